The summed E-state index contributed by atoms with van der Waals surface area (Å²) in [5.41, 5.74) is -0.909. The Bertz CT molecular complexity index is 956. The van der Waals surface area contributed by atoms with Crippen LogP contribution in [0.15, 0.2) is 34.1 Å². The maximum absolute atomic E-state index is 12.8. The second-order valence-corrected chi connectivity index (χ2v) is 8.05. The minimum Gasteiger partial charge on any atom is -0.545 e. The molecule has 128 valence electrons. The summed E-state index contributed by atoms with van der Waals surface area (Å²) in [6.45, 7) is 2.97. The Labute approximate surface area is 139 Å². The molecule has 2 heterocycles. The minimum absolute atomic E-state index is 0.00875. The number of pyridine rings is 1. The number of hydrogen-bond acceptors (Lipinski definition) is 5. The molecule has 1 N–H and O–H groups in total. The predicted octanol–water partition coefficient (Wildman–Crippen LogP) is 0.312. The fourth-order valence-electron chi connectivity index (χ4n) is 2.88. The second-order valence-electron chi connectivity index (χ2n) is 6.11. The van der Waals surface area contributed by atoms with Crippen LogP contribution < -0.4 is 10.5 Å². The molecule has 1 aromatic carbocycles. The van der Waals surface area contributed by atoms with E-state index in [1.54, 1.807) is 0 Å². The molecule has 3 rings (SSSR count). The first kappa shape index (κ1) is 16.7. The van der Waals surface area contributed by atoms with Crippen molar-refractivity contribution in [2.45, 2.75) is 24.7 Å². The summed E-state index contributed by atoms with van der Waals surface area (Å²) in [4.78, 5) is 25.9. The summed E-state index contributed by atoms with van der Waals surface area (Å²) in [6.07, 6.45) is 2.64. The van der Waals surface area contributed by atoms with Crippen LogP contribution >= 0.6 is 0 Å². The lowest BCUT2D eigenvalue weighted by molar-refractivity contribution is -0.255. The predicted molar refractivity (Wildman–Crippen MR) is 86.1 cm³/mol. The summed E-state index contributed by atoms with van der Waals surface area (Å²) in [5.74, 6) is -1.11. The number of aromatic nitrogens is 1. The van der Waals surface area contributed by atoms with E-state index in [4.69, 9.17) is 0 Å². The molecule has 7 nitrogen and oxygen atoms in total. The number of carboxylic acids is 1. The van der Waals surface area contributed by atoms with Gasteiger partial charge in [-0.2, -0.15) is 4.31 Å². The van der Waals surface area contributed by atoms with E-state index in [-0.39, 0.29) is 10.3 Å². The van der Waals surface area contributed by atoms with Gasteiger partial charge in [0, 0.05) is 30.2 Å². The molecule has 0 bridgehead atoms. The van der Waals surface area contributed by atoms with Gasteiger partial charge >= 0.3 is 0 Å². The standard InChI is InChI=1S/C16H18N2O5S/c1-10-4-6-18(7-5-10)24(22,23)11-2-3-14-12(8-11)15(19)13(9-17-14)16(20)21/h2-3,8-10H,4-7H2,1H3,(H,17,19)(H,20,21)/p-1. The fraction of sp³-hybridized carbons (Fsp3) is 0.375. The van der Waals surface area contributed by atoms with Gasteiger partial charge in [-0.3, -0.25) is 4.79 Å². The van der Waals surface area contributed by atoms with Gasteiger partial charge in [0.2, 0.25) is 10.0 Å². The fourth-order valence-corrected chi connectivity index (χ4v) is 4.38. The molecule has 1 saturated heterocycles. The third-order valence-corrected chi connectivity index (χ3v) is 6.35. The number of aromatic carboxylic acids is 1. The van der Waals surface area contributed by atoms with Gasteiger partial charge in [0.05, 0.1) is 16.4 Å². The second kappa shape index (κ2) is 6.03. The van der Waals surface area contributed by atoms with Crippen LogP contribution in [-0.4, -0.2) is 36.8 Å². The number of nitrogens with zero attached hydrogens (tertiary/aromatic N) is 1. The molecule has 1 aliphatic rings. The molecular formula is C16H17N2O5S-. The molecule has 1 aliphatic heterocycles. The van der Waals surface area contributed by atoms with Crippen molar-refractivity contribution in [3.05, 3.63) is 40.2 Å². The number of fused-ring (bicyclic) bond motifs is 1. The van der Waals surface area contributed by atoms with E-state index in [0.29, 0.717) is 24.5 Å². The number of H-pyrrole nitrogens is 1. The van der Waals surface area contributed by atoms with Gasteiger partial charge in [-0.1, -0.05) is 6.92 Å². The van der Waals surface area contributed by atoms with Crippen LogP contribution in [0.25, 0.3) is 10.9 Å². The lowest BCUT2D eigenvalue weighted by atomic mass is 10.0. The number of rotatable bonds is 3. The number of hydrogen-bond donors (Lipinski definition) is 1. The SMILES string of the molecule is CC1CCN(S(=O)(=O)c2ccc3[nH]cc(C(=O)[O-])c(=O)c3c2)CC1. The van der Waals surface area contributed by atoms with E-state index in [1.807, 2.05) is 0 Å². The summed E-state index contributed by atoms with van der Waals surface area (Å²) in [5, 5.41) is 11.0. The third kappa shape index (κ3) is 2.83. The maximum atomic E-state index is 12.8. The molecule has 0 amide bonds. The Hall–Kier alpha value is -2.19. The van der Waals surface area contributed by atoms with E-state index < -0.39 is 27.0 Å². The summed E-state index contributed by atoms with van der Waals surface area (Å²) in [6, 6.07) is 4.12. The molecule has 2 aromatic rings. The minimum atomic E-state index is -3.71. The number of benzene rings is 1. The Balaban J connectivity index is 2.08. The van der Waals surface area contributed by atoms with Crippen LogP contribution in [-0.2, 0) is 10.0 Å². The van der Waals surface area contributed by atoms with Gasteiger partial charge in [0.15, 0.2) is 5.43 Å². The highest BCUT2D eigenvalue weighted by atomic mass is 32.2. The van der Waals surface area contributed by atoms with E-state index in [1.165, 1.54) is 22.5 Å². The van der Waals surface area contributed by atoms with E-state index in [0.717, 1.165) is 19.0 Å². The highest BCUT2D eigenvalue weighted by Crippen LogP contribution is 2.24. The Kier molecular flexibility index (Phi) is 4.18. The molecule has 0 saturated carbocycles. The first-order valence-corrected chi connectivity index (χ1v) is 9.11. The smallest absolute Gasteiger partial charge is 0.243 e. The third-order valence-electron chi connectivity index (χ3n) is 4.45. The lowest BCUT2D eigenvalue weighted by Crippen LogP contribution is -2.37. The van der Waals surface area contributed by atoms with Crippen molar-refractivity contribution in [3.63, 3.8) is 0 Å². The normalized spacial score (nSPS) is 17.2. The molecule has 1 aromatic heterocycles. The summed E-state index contributed by atoms with van der Waals surface area (Å²) in [7, 11) is -3.71. The van der Waals surface area contributed by atoms with Gasteiger partial charge < -0.3 is 14.9 Å². The zero-order valence-corrected chi connectivity index (χ0v) is 13.9. The molecule has 0 radical (unpaired) electrons. The zero-order chi connectivity index (χ0) is 17.5. The maximum Gasteiger partial charge on any atom is 0.243 e. The van der Waals surface area contributed by atoms with E-state index in [9.17, 15) is 23.1 Å². The Morgan fingerprint density at radius 1 is 1.29 bits per heavy atom. The van der Waals surface area contributed by atoms with Crippen molar-refractivity contribution in [2.24, 2.45) is 5.92 Å². The van der Waals surface area contributed by atoms with Crippen molar-refractivity contribution < 1.29 is 18.3 Å². The molecule has 8 heteroatoms. The summed E-state index contributed by atoms with van der Waals surface area (Å²) < 4.78 is 26.9. The monoisotopic (exact) mass is 349 g/mol. The van der Waals surface area contributed by atoms with Crippen LogP contribution in [0.1, 0.15) is 30.1 Å². The van der Waals surface area contributed by atoms with Gasteiger partial charge in [0.1, 0.15) is 0 Å². The number of carbonyl (C=O) groups is 1. The highest BCUT2D eigenvalue weighted by molar-refractivity contribution is 7.89. The van der Waals surface area contributed by atoms with Crippen molar-refractivity contribution in [1.82, 2.24) is 9.29 Å². The molecular weight excluding hydrogens is 332 g/mol. The van der Waals surface area contributed by atoms with Crippen molar-refractivity contribution in [2.75, 3.05) is 13.1 Å². The number of piperidine rings is 1. The zero-order valence-electron chi connectivity index (χ0n) is 13.1. The van der Waals surface area contributed by atoms with Gasteiger partial charge in [-0.05, 0) is 37.0 Å². The average molecular weight is 349 g/mol. The number of carbonyl (C=O) groups excluding carboxylic acids is 1. The molecule has 1 fully saturated rings. The lowest BCUT2D eigenvalue weighted by Gasteiger charge is -2.29. The average Bonchev–Trinajstić information content (AvgIpc) is 2.55. The van der Waals surface area contributed by atoms with Crippen LogP contribution in [0.2, 0.25) is 0 Å². The topological polar surface area (TPSA) is 110 Å². The first-order valence-electron chi connectivity index (χ1n) is 7.67. The van der Waals surface area contributed by atoms with Gasteiger partial charge in [0.25, 0.3) is 0 Å². The van der Waals surface area contributed by atoms with Crippen LogP contribution in [0.3, 0.4) is 0 Å². The van der Waals surface area contributed by atoms with Gasteiger partial charge in [-0.15, -0.1) is 0 Å². The highest BCUT2D eigenvalue weighted by Gasteiger charge is 2.28. The summed E-state index contributed by atoms with van der Waals surface area (Å²) >= 11 is 0. The largest absolute Gasteiger partial charge is 0.545 e. The van der Waals surface area contributed by atoms with Crippen molar-refractivity contribution in [3.8, 4) is 0 Å². The quantitative estimate of drug-likeness (QED) is 0.857. The molecule has 0 spiro atoms. The van der Waals surface area contributed by atoms with Crippen LogP contribution in [0, 0.1) is 5.92 Å². The molecule has 0 aliphatic carbocycles. The Morgan fingerprint density at radius 3 is 2.58 bits per heavy atom. The van der Waals surface area contributed by atoms with E-state index in [2.05, 4.69) is 11.9 Å². The number of sulfonamides is 1. The molecule has 24 heavy (non-hydrogen) atoms. The number of carboxylic acid groups (broad SMARTS) is 1. The van der Waals surface area contributed by atoms with Gasteiger partial charge in [-0.25, -0.2) is 8.42 Å². The first-order chi connectivity index (χ1) is 11.3. The van der Waals surface area contributed by atoms with E-state index >= 15 is 0 Å². The number of aromatic amines is 1. The number of nitrogens with one attached hydrogen (secondary N) is 1. The molecule has 0 unspecified atom stereocenters. The Morgan fingerprint density at radius 2 is 1.96 bits per heavy atom. The van der Waals surface area contributed by atoms with Crippen LogP contribution in [0.5, 0.6) is 0 Å². The van der Waals surface area contributed by atoms with Crippen molar-refractivity contribution >= 4 is 26.9 Å². The van der Waals surface area contributed by atoms with Crippen LogP contribution in [0.4, 0.5) is 0 Å². The van der Waals surface area contributed by atoms with Crippen molar-refractivity contribution in [1.29, 1.82) is 0 Å². The molecule has 0 atom stereocenters.